The van der Waals surface area contributed by atoms with Crippen molar-refractivity contribution in [1.29, 1.82) is 0 Å². The third-order valence-corrected chi connectivity index (χ3v) is 2.81. The minimum Gasteiger partial charge on any atom is -0.303 e. The third-order valence-electron chi connectivity index (χ3n) is 2.81. The van der Waals surface area contributed by atoms with E-state index in [1.165, 1.54) is 0 Å². The molecular formula is C10H13NO2. The molecule has 1 aliphatic rings. The molecule has 0 bridgehead atoms. The second-order valence-electron chi connectivity index (χ2n) is 3.71. The summed E-state index contributed by atoms with van der Waals surface area (Å²) in [4.78, 5) is 21.4. The van der Waals surface area contributed by atoms with E-state index in [2.05, 4.69) is 0 Å². The molecule has 0 N–H and O–H groups in total. The minimum absolute atomic E-state index is 0.332. The highest BCUT2D eigenvalue weighted by atomic mass is 16.1. The summed E-state index contributed by atoms with van der Waals surface area (Å²) in [6.45, 7) is 3.90. The van der Waals surface area contributed by atoms with Crippen molar-refractivity contribution < 1.29 is 9.59 Å². The number of aldehydes is 1. The molecule has 2 unspecified atom stereocenters. The van der Waals surface area contributed by atoms with E-state index in [0.717, 1.165) is 17.4 Å². The lowest BCUT2D eigenvalue weighted by atomic mass is 9.77. The summed E-state index contributed by atoms with van der Waals surface area (Å²) in [6, 6.07) is 0. The predicted molar refractivity (Wildman–Crippen MR) is 47.8 cm³/mol. The van der Waals surface area contributed by atoms with Crippen molar-refractivity contribution in [3.8, 4) is 0 Å². The molecule has 1 amide bonds. The lowest BCUT2D eigenvalue weighted by molar-refractivity contribution is -0.127. The highest BCUT2D eigenvalue weighted by Gasteiger charge is 2.31. The van der Waals surface area contributed by atoms with Crippen LogP contribution in [0.1, 0.15) is 26.7 Å². The largest absolute Gasteiger partial charge is 0.303 e. The Hall–Kier alpha value is -1.12. The van der Waals surface area contributed by atoms with E-state index < -0.39 is 11.8 Å². The first-order valence-electron chi connectivity index (χ1n) is 4.39. The van der Waals surface area contributed by atoms with Crippen molar-refractivity contribution >= 4 is 12.2 Å². The molecular weight excluding hydrogens is 166 g/mol. The highest BCUT2D eigenvalue weighted by Crippen LogP contribution is 2.32. The molecule has 0 heterocycles. The number of amides is 1. The van der Waals surface area contributed by atoms with Gasteiger partial charge in [-0.3, -0.25) is 4.79 Å². The van der Waals surface area contributed by atoms with E-state index in [1.54, 1.807) is 0 Å². The normalized spacial score (nSPS) is 28.8. The first-order valence-corrected chi connectivity index (χ1v) is 4.39. The first kappa shape index (κ1) is 9.96. The maximum absolute atomic E-state index is 10.8. The maximum atomic E-state index is 10.8. The van der Waals surface area contributed by atoms with E-state index in [0.29, 0.717) is 12.8 Å². The van der Waals surface area contributed by atoms with Gasteiger partial charge < -0.3 is 4.79 Å². The van der Waals surface area contributed by atoms with Gasteiger partial charge in [0.05, 0.1) is 5.92 Å². The van der Waals surface area contributed by atoms with Crippen molar-refractivity contribution in [1.82, 2.24) is 5.73 Å². The highest BCUT2D eigenvalue weighted by molar-refractivity contribution is 5.80. The van der Waals surface area contributed by atoms with Crippen molar-refractivity contribution in [3.63, 3.8) is 0 Å². The summed E-state index contributed by atoms with van der Waals surface area (Å²) in [5.41, 5.74) is 11.1. The fraction of sp³-hybridized carbons (Fsp3) is 0.600. The third kappa shape index (κ3) is 1.97. The van der Waals surface area contributed by atoms with Gasteiger partial charge in [-0.1, -0.05) is 11.1 Å². The van der Waals surface area contributed by atoms with Gasteiger partial charge in [0.1, 0.15) is 6.29 Å². The average molecular weight is 179 g/mol. The Morgan fingerprint density at radius 3 is 2.38 bits per heavy atom. The molecule has 0 aromatic rings. The zero-order valence-electron chi connectivity index (χ0n) is 7.91. The van der Waals surface area contributed by atoms with E-state index in [-0.39, 0.29) is 5.92 Å². The number of allylic oxidation sites excluding steroid dienone is 2. The molecule has 0 aromatic carbocycles. The summed E-state index contributed by atoms with van der Waals surface area (Å²) in [6.07, 6.45) is 1.89. The predicted octanol–water partition coefficient (Wildman–Crippen LogP) is 1.14. The maximum Gasteiger partial charge on any atom is 0.268 e. The average Bonchev–Trinajstić information content (AvgIpc) is 2.08. The van der Waals surface area contributed by atoms with Gasteiger partial charge in [-0.15, -0.1) is 5.73 Å². The van der Waals surface area contributed by atoms with Crippen LogP contribution in [0.2, 0.25) is 0 Å². The van der Waals surface area contributed by atoms with Crippen LogP contribution in [0.15, 0.2) is 11.1 Å². The number of carbonyl (C=O) groups is 2. The Bertz CT molecular complexity index is 268. The molecule has 0 spiro atoms. The van der Waals surface area contributed by atoms with Crippen LogP contribution in [-0.4, -0.2) is 12.2 Å². The second-order valence-corrected chi connectivity index (χ2v) is 3.71. The standard InChI is InChI=1S/C10H13NO2/c1-6-3-8(5-12)9(10(11)13)4-7(6)2/h5,8-9H,3-4H2,1-2H3. The van der Waals surface area contributed by atoms with Crippen molar-refractivity contribution in [2.45, 2.75) is 26.7 Å². The van der Waals surface area contributed by atoms with E-state index in [1.807, 2.05) is 13.8 Å². The lowest BCUT2D eigenvalue weighted by Gasteiger charge is -2.26. The molecule has 0 saturated carbocycles. The Balaban J connectivity index is 2.87. The number of hydrogen-bond donors (Lipinski definition) is 0. The fourth-order valence-electron chi connectivity index (χ4n) is 1.74. The van der Waals surface area contributed by atoms with Crippen molar-refractivity contribution in [3.05, 3.63) is 11.1 Å². The SMILES string of the molecule is CC1=C(C)CC(C([N])=O)C(C=O)C1. The topological polar surface area (TPSA) is 56.4 Å². The van der Waals surface area contributed by atoms with Gasteiger partial charge in [0.25, 0.3) is 5.91 Å². The molecule has 0 fully saturated rings. The summed E-state index contributed by atoms with van der Waals surface area (Å²) in [5.74, 6) is -1.70. The summed E-state index contributed by atoms with van der Waals surface area (Å²) in [7, 11) is 0. The van der Waals surface area contributed by atoms with Gasteiger partial charge in [0, 0.05) is 5.92 Å². The molecule has 0 aromatic heterocycles. The number of rotatable bonds is 2. The van der Waals surface area contributed by atoms with Crippen LogP contribution in [0, 0.1) is 11.8 Å². The molecule has 70 valence electrons. The quantitative estimate of drug-likeness (QED) is 0.471. The molecule has 0 saturated heterocycles. The van der Waals surface area contributed by atoms with Gasteiger partial charge in [-0.25, -0.2) is 0 Å². The molecule has 0 aliphatic heterocycles. The fourth-order valence-corrected chi connectivity index (χ4v) is 1.74. The zero-order valence-corrected chi connectivity index (χ0v) is 7.91. The van der Waals surface area contributed by atoms with E-state index >= 15 is 0 Å². The van der Waals surface area contributed by atoms with Gasteiger partial charge in [-0.05, 0) is 26.7 Å². The van der Waals surface area contributed by atoms with Gasteiger partial charge in [0.15, 0.2) is 0 Å². The van der Waals surface area contributed by atoms with Crippen LogP contribution in [0.5, 0.6) is 0 Å². The molecule has 3 heteroatoms. The van der Waals surface area contributed by atoms with Crippen LogP contribution < -0.4 is 5.73 Å². The Kier molecular flexibility index (Phi) is 2.86. The molecule has 1 aliphatic carbocycles. The van der Waals surface area contributed by atoms with Crippen LogP contribution in [0.25, 0.3) is 0 Å². The Morgan fingerprint density at radius 2 is 1.92 bits per heavy atom. The Labute approximate surface area is 78.0 Å². The molecule has 2 atom stereocenters. The van der Waals surface area contributed by atoms with E-state index in [4.69, 9.17) is 5.73 Å². The van der Waals surface area contributed by atoms with Crippen molar-refractivity contribution in [2.75, 3.05) is 0 Å². The summed E-state index contributed by atoms with van der Waals surface area (Å²) in [5, 5.41) is 0. The molecule has 3 nitrogen and oxygen atoms in total. The minimum atomic E-state index is -0.857. The van der Waals surface area contributed by atoms with Gasteiger partial charge in [0.2, 0.25) is 0 Å². The molecule has 2 radical (unpaired) electrons. The molecule has 13 heavy (non-hydrogen) atoms. The number of hydrogen-bond acceptors (Lipinski definition) is 2. The first-order chi connectivity index (χ1) is 6.06. The van der Waals surface area contributed by atoms with Crippen molar-refractivity contribution in [2.24, 2.45) is 11.8 Å². The zero-order chi connectivity index (χ0) is 10.0. The van der Waals surface area contributed by atoms with Gasteiger partial charge in [-0.2, -0.15) is 0 Å². The van der Waals surface area contributed by atoms with Crippen LogP contribution in [-0.2, 0) is 9.59 Å². The lowest BCUT2D eigenvalue weighted by Crippen LogP contribution is -2.29. The van der Waals surface area contributed by atoms with Crippen LogP contribution in [0.4, 0.5) is 0 Å². The number of carbonyl (C=O) groups excluding carboxylic acids is 2. The van der Waals surface area contributed by atoms with E-state index in [9.17, 15) is 9.59 Å². The smallest absolute Gasteiger partial charge is 0.268 e. The monoisotopic (exact) mass is 179 g/mol. The van der Waals surface area contributed by atoms with Crippen LogP contribution >= 0.6 is 0 Å². The summed E-state index contributed by atoms with van der Waals surface area (Å²) >= 11 is 0. The summed E-state index contributed by atoms with van der Waals surface area (Å²) < 4.78 is 0. The van der Waals surface area contributed by atoms with Gasteiger partial charge >= 0.3 is 0 Å². The second kappa shape index (κ2) is 3.73. The Morgan fingerprint density at radius 1 is 1.38 bits per heavy atom. The molecule has 1 rings (SSSR count). The van der Waals surface area contributed by atoms with Crippen LogP contribution in [0.3, 0.4) is 0 Å². The number of nitrogens with zero attached hydrogens (tertiary/aromatic N) is 1.